The molecule has 32 heavy (non-hydrogen) atoms. The maximum atomic E-state index is 12.4. The predicted octanol–water partition coefficient (Wildman–Crippen LogP) is 4.23. The van der Waals surface area contributed by atoms with Gasteiger partial charge in [0.15, 0.2) is 11.5 Å². The molecule has 0 fully saturated rings. The maximum absolute atomic E-state index is 12.4. The number of nitrogens with one attached hydrogen (secondary N) is 1. The molecule has 2 heterocycles. The lowest BCUT2D eigenvalue weighted by atomic mass is 9.97. The van der Waals surface area contributed by atoms with E-state index in [0.717, 1.165) is 24.8 Å². The van der Waals surface area contributed by atoms with Gasteiger partial charge in [0.2, 0.25) is 11.7 Å². The van der Waals surface area contributed by atoms with Gasteiger partial charge in [-0.2, -0.15) is 4.98 Å². The Hall–Kier alpha value is -3.55. The number of rotatable bonds is 9. The van der Waals surface area contributed by atoms with Gasteiger partial charge in [-0.3, -0.25) is 4.79 Å². The van der Waals surface area contributed by atoms with Crippen LogP contribution in [-0.4, -0.2) is 41.4 Å². The number of aromatic nitrogens is 3. The van der Waals surface area contributed by atoms with Crippen molar-refractivity contribution in [1.82, 2.24) is 20.0 Å². The third-order valence-corrected chi connectivity index (χ3v) is 5.58. The fraction of sp³-hybridized carbons (Fsp3) is 0.375. The van der Waals surface area contributed by atoms with Gasteiger partial charge >= 0.3 is 0 Å². The third kappa shape index (κ3) is 5.01. The lowest BCUT2D eigenvalue weighted by Crippen LogP contribution is -2.28. The Morgan fingerprint density at radius 3 is 2.84 bits per heavy atom. The number of amides is 1. The predicted molar refractivity (Wildman–Crippen MR) is 120 cm³/mol. The van der Waals surface area contributed by atoms with Gasteiger partial charge in [0.05, 0.1) is 14.2 Å². The molecule has 2 aromatic heterocycles. The first-order chi connectivity index (χ1) is 15.7. The van der Waals surface area contributed by atoms with E-state index in [0.29, 0.717) is 35.5 Å². The first-order valence-electron chi connectivity index (χ1n) is 10.8. The van der Waals surface area contributed by atoms with Crippen molar-refractivity contribution in [2.45, 2.75) is 38.6 Å². The molecule has 4 rings (SSSR count). The fourth-order valence-corrected chi connectivity index (χ4v) is 3.87. The molecule has 0 saturated heterocycles. The van der Waals surface area contributed by atoms with Gasteiger partial charge in [-0.05, 0) is 62.4 Å². The number of allylic oxidation sites excluding steroid dienone is 1. The summed E-state index contributed by atoms with van der Waals surface area (Å²) in [5, 5.41) is 7.10. The van der Waals surface area contributed by atoms with Crippen LogP contribution < -0.4 is 14.8 Å². The SMILES string of the molecule is COc1ccc(-c2noc(-c3cccn3CC(=O)NCCC3=CCCCC3)n2)cc1OC. The molecular weight excluding hydrogens is 408 g/mol. The van der Waals surface area contributed by atoms with Gasteiger partial charge in [0, 0.05) is 18.3 Å². The topological polar surface area (TPSA) is 91.4 Å². The summed E-state index contributed by atoms with van der Waals surface area (Å²) >= 11 is 0. The highest BCUT2D eigenvalue weighted by Gasteiger charge is 2.17. The Balaban J connectivity index is 1.41. The summed E-state index contributed by atoms with van der Waals surface area (Å²) in [6.07, 6.45) is 9.90. The van der Waals surface area contributed by atoms with E-state index < -0.39 is 0 Å². The molecule has 1 N–H and O–H groups in total. The lowest BCUT2D eigenvalue weighted by molar-refractivity contribution is -0.121. The molecule has 168 valence electrons. The Labute approximate surface area is 187 Å². The van der Waals surface area contributed by atoms with Crippen molar-refractivity contribution in [3.8, 4) is 34.5 Å². The van der Waals surface area contributed by atoms with Crippen molar-refractivity contribution in [1.29, 1.82) is 0 Å². The molecular formula is C24H28N4O4. The van der Waals surface area contributed by atoms with E-state index in [1.807, 2.05) is 24.4 Å². The smallest absolute Gasteiger partial charge is 0.274 e. The Kier molecular flexibility index (Phi) is 6.89. The Morgan fingerprint density at radius 2 is 2.06 bits per heavy atom. The monoisotopic (exact) mass is 436 g/mol. The maximum Gasteiger partial charge on any atom is 0.274 e. The number of benzene rings is 1. The van der Waals surface area contributed by atoms with E-state index in [-0.39, 0.29) is 12.5 Å². The van der Waals surface area contributed by atoms with Crippen molar-refractivity contribution < 1.29 is 18.8 Å². The van der Waals surface area contributed by atoms with Gasteiger partial charge in [-0.1, -0.05) is 16.8 Å². The molecule has 1 aliphatic carbocycles. The number of nitrogens with zero attached hydrogens (tertiary/aromatic N) is 3. The van der Waals surface area contributed by atoms with Gasteiger partial charge in [0.25, 0.3) is 5.89 Å². The minimum atomic E-state index is -0.0431. The van der Waals surface area contributed by atoms with Crippen LogP contribution >= 0.6 is 0 Å². The van der Waals surface area contributed by atoms with Crippen LogP contribution in [0, 0.1) is 0 Å². The van der Waals surface area contributed by atoms with Crippen LogP contribution in [0.15, 0.2) is 52.7 Å². The highest BCUT2D eigenvalue weighted by molar-refractivity contribution is 5.76. The second-order valence-electron chi connectivity index (χ2n) is 7.72. The van der Waals surface area contributed by atoms with Crippen LogP contribution in [-0.2, 0) is 11.3 Å². The van der Waals surface area contributed by atoms with E-state index in [4.69, 9.17) is 14.0 Å². The normalized spacial score (nSPS) is 13.5. The van der Waals surface area contributed by atoms with E-state index in [9.17, 15) is 4.79 Å². The van der Waals surface area contributed by atoms with Crippen LogP contribution in [0.5, 0.6) is 11.5 Å². The molecule has 1 aliphatic rings. The summed E-state index contributed by atoms with van der Waals surface area (Å²) in [4.78, 5) is 17.0. The minimum absolute atomic E-state index is 0.0431. The number of hydrogen-bond donors (Lipinski definition) is 1. The molecule has 1 aromatic carbocycles. The molecule has 8 nitrogen and oxygen atoms in total. The molecule has 0 aliphatic heterocycles. The van der Waals surface area contributed by atoms with Crippen LogP contribution in [0.1, 0.15) is 32.1 Å². The van der Waals surface area contributed by atoms with Gasteiger partial charge < -0.3 is 23.9 Å². The third-order valence-electron chi connectivity index (χ3n) is 5.58. The summed E-state index contributed by atoms with van der Waals surface area (Å²) in [6, 6.07) is 9.13. The van der Waals surface area contributed by atoms with E-state index in [2.05, 4.69) is 21.5 Å². The van der Waals surface area contributed by atoms with Gasteiger partial charge in [0.1, 0.15) is 12.2 Å². The van der Waals surface area contributed by atoms with Crippen molar-refractivity contribution in [2.75, 3.05) is 20.8 Å². The summed E-state index contributed by atoms with van der Waals surface area (Å²) in [5.74, 6) is 1.94. The van der Waals surface area contributed by atoms with E-state index in [1.165, 1.54) is 18.4 Å². The van der Waals surface area contributed by atoms with E-state index >= 15 is 0 Å². The highest BCUT2D eigenvalue weighted by atomic mass is 16.5. The molecule has 0 saturated carbocycles. The van der Waals surface area contributed by atoms with Crippen molar-refractivity contribution >= 4 is 5.91 Å². The Bertz CT molecular complexity index is 1100. The fourth-order valence-electron chi connectivity index (χ4n) is 3.87. The first-order valence-corrected chi connectivity index (χ1v) is 10.8. The average molecular weight is 437 g/mol. The zero-order chi connectivity index (χ0) is 22.3. The van der Waals surface area contributed by atoms with Crippen molar-refractivity contribution in [2.24, 2.45) is 0 Å². The molecule has 1 amide bonds. The average Bonchev–Trinajstić information content (AvgIpc) is 3.49. The van der Waals surface area contributed by atoms with Gasteiger partial charge in [-0.15, -0.1) is 0 Å². The first kappa shape index (κ1) is 21.7. The number of carbonyl (C=O) groups is 1. The minimum Gasteiger partial charge on any atom is -0.493 e. The summed E-state index contributed by atoms with van der Waals surface area (Å²) in [5.41, 5.74) is 2.88. The zero-order valence-electron chi connectivity index (χ0n) is 18.5. The van der Waals surface area contributed by atoms with E-state index in [1.54, 1.807) is 30.9 Å². The van der Waals surface area contributed by atoms with Crippen molar-refractivity contribution in [3.05, 3.63) is 48.2 Å². The molecule has 0 bridgehead atoms. The number of carbonyl (C=O) groups excluding carboxylic acids is 1. The van der Waals surface area contributed by atoms with Crippen LogP contribution in [0.4, 0.5) is 0 Å². The highest BCUT2D eigenvalue weighted by Crippen LogP contribution is 2.32. The number of ether oxygens (including phenoxy) is 2. The number of hydrogen-bond acceptors (Lipinski definition) is 6. The second-order valence-corrected chi connectivity index (χ2v) is 7.72. The van der Waals surface area contributed by atoms with Crippen LogP contribution in [0.2, 0.25) is 0 Å². The summed E-state index contributed by atoms with van der Waals surface area (Å²) < 4.78 is 17.9. The quantitative estimate of drug-likeness (QED) is 0.505. The molecule has 0 radical (unpaired) electrons. The Morgan fingerprint density at radius 1 is 1.19 bits per heavy atom. The summed E-state index contributed by atoms with van der Waals surface area (Å²) in [7, 11) is 3.16. The van der Waals surface area contributed by atoms with Crippen molar-refractivity contribution in [3.63, 3.8) is 0 Å². The lowest BCUT2D eigenvalue weighted by Gasteiger charge is -2.13. The molecule has 0 spiro atoms. The summed E-state index contributed by atoms with van der Waals surface area (Å²) in [6.45, 7) is 0.848. The largest absolute Gasteiger partial charge is 0.493 e. The van der Waals surface area contributed by atoms with Crippen LogP contribution in [0.3, 0.4) is 0 Å². The number of methoxy groups -OCH3 is 2. The molecule has 3 aromatic rings. The molecule has 0 unspecified atom stereocenters. The van der Waals surface area contributed by atoms with Crippen LogP contribution in [0.25, 0.3) is 23.0 Å². The van der Waals surface area contributed by atoms with Gasteiger partial charge in [-0.25, -0.2) is 0 Å². The molecule has 8 heteroatoms. The molecule has 0 atom stereocenters. The standard InChI is InChI=1S/C24H28N4O4/c1-30-20-11-10-18(15-21(20)31-2)23-26-24(32-27-23)19-9-6-14-28(19)16-22(29)25-13-12-17-7-4-3-5-8-17/h6-7,9-11,14-15H,3-5,8,12-13,16H2,1-2H3,(H,25,29). The zero-order valence-corrected chi connectivity index (χ0v) is 18.5. The second kappa shape index (κ2) is 10.2.